The van der Waals surface area contributed by atoms with Crippen LogP contribution >= 0.6 is 0 Å². The second-order valence-corrected chi connectivity index (χ2v) is 4.58. The fourth-order valence-electron chi connectivity index (χ4n) is 1.79. The molecule has 0 heterocycles. The lowest BCUT2D eigenvalue weighted by Gasteiger charge is -2.20. The molecule has 0 aliphatic heterocycles. The number of benzene rings is 1. The fraction of sp³-hybridized carbons (Fsp3) is 0.467. The molecule has 2 nitrogen and oxygen atoms in total. The summed E-state index contributed by atoms with van der Waals surface area (Å²) in [4.78, 5) is 0. The monoisotopic (exact) mass is 233 g/mol. The lowest BCUT2D eigenvalue weighted by Crippen LogP contribution is -2.34. The molecular weight excluding hydrogens is 210 g/mol. The molecule has 1 unspecified atom stereocenters. The molecule has 1 rings (SSSR count). The van der Waals surface area contributed by atoms with Crippen molar-refractivity contribution in [1.82, 2.24) is 5.32 Å². The molecule has 94 valence electrons. The first-order valence-corrected chi connectivity index (χ1v) is 6.30. The minimum atomic E-state index is 0.248. The molecule has 0 bridgehead atoms. The van der Waals surface area contributed by atoms with E-state index < -0.39 is 0 Å². The van der Waals surface area contributed by atoms with Crippen LogP contribution in [-0.2, 0) is 0 Å². The van der Waals surface area contributed by atoms with Gasteiger partial charge < -0.3 is 10.4 Å². The Balaban J connectivity index is 2.33. The predicted octanol–water partition coefficient (Wildman–Crippen LogP) is 2.70. The van der Waals surface area contributed by atoms with Crippen LogP contribution in [0.2, 0.25) is 0 Å². The van der Waals surface area contributed by atoms with Gasteiger partial charge >= 0.3 is 0 Å². The highest BCUT2D eigenvalue weighted by Crippen LogP contribution is 2.05. The molecule has 2 heteroatoms. The van der Waals surface area contributed by atoms with E-state index in [0.29, 0.717) is 12.0 Å². The van der Waals surface area contributed by atoms with Crippen LogP contribution in [0.15, 0.2) is 36.4 Å². The Hall–Kier alpha value is -1.12. The number of hydrogen-bond acceptors (Lipinski definition) is 2. The van der Waals surface area contributed by atoms with Crippen molar-refractivity contribution >= 4 is 6.08 Å². The maximum atomic E-state index is 8.96. The quantitative estimate of drug-likeness (QED) is 0.759. The molecule has 0 aliphatic carbocycles. The number of nitrogens with one attached hydrogen (secondary N) is 1. The summed E-state index contributed by atoms with van der Waals surface area (Å²) >= 11 is 0. The van der Waals surface area contributed by atoms with E-state index in [1.165, 1.54) is 5.56 Å². The zero-order chi connectivity index (χ0) is 12.5. The average molecular weight is 233 g/mol. The molecule has 0 radical (unpaired) electrons. The molecule has 0 aromatic heterocycles. The highest BCUT2D eigenvalue weighted by Gasteiger charge is 2.10. The van der Waals surface area contributed by atoms with Crippen molar-refractivity contribution in [3.05, 3.63) is 42.0 Å². The van der Waals surface area contributed by atoms with Gasteiger partial charge in [-0.15, -0.1) is 0 Å². The van der Waals surface area contributed by atoms with Gasteiger partial charge in [0.25, 0.3) is 0 Å². The van der Waals surface area contributed by atoms with Crippen LogP contribution in [0.3, 0.4) is 0 Å². The van der Waals surface area contributed by atoms with Gasteiger partial charge in [-0.3, -0.25) is 0 Å². The SMILES string of the molecule is CC(C)C(CCO)NC/C=C/c1ccccc1. The van der Waals surface area contributed by atoms with E-state index in [0.717, 1.165) is 13.0 Å². The molecule has 0 spiro atoms. The van der Waals surface area contributed by atoms with Crippen LogP contribution < -0.4 is 5.32 Å². The molecule has 2 N–H and O–H groups in total. The Morgan fingerprint density at radius 1 is 1.24 bits per heavy atom. The number of aliphatic hydroxyl groups excluding tert-OH is 1. The third-order valence-corrected chi connectivity index (χ3v) is 2.85. The zero-order valence-corrected chi connectivity index (χ0v) is 10.8. The topological polar surface area (TPSA) is 32.3 Å². The molecule has 0 saturated heterocycles. The normalized spacial score (nSPS) is 13.4. The lowest BCUT2D eigenvalue weighted by atomic mass is 10.0. The Labute approximate surface area is 104 Å². The van der Waals surface area contributed by atoms with Crippen LogP contribution in [0, 0.1) is 5.92 Å². The summed E-state index contributed by atoms with van der Waals surface area (Å²) < 4.78 is 0. The molecule has 1 atom stereocenters. The first-order valence-electron chi connectivity index (χ1n) is 6.30. The molecule has 17 heavy (non-hydrogen) atoms. The van der Waals surface area contributed by atoms with Crippen molar-refractivity contribution in [2.24, 2.45) is 5.92 Å². The summed E-state index contributed by atoms with van der Waals surface area (Å²) in [7, 11) is 0. The summed E-state index contributed by atoms with van der Waals surface area (Å²) in [5.41, 5.74) is 1.22. The Morgan fingerprint density at radius 3 is 2.53 bits per heavy atom. The van der Waals surface area contributed by atoms with Crippen LogP contribution in [-0.4, -0.2) is 24.3 Å². The number of aliphatic hydroxyl groups is 1. The van der Waals surface area contributed by atoms with Gasteiger partial charge in [0.1, 0.15) is 0 Å². The van der Waals surface area contributed by atoms with Crippen molar-refractivity contribution in [3.63, 3.8) is 0 Å². The van der Waals surface area contributed by atoms with E-state index in [1.807, 2.05) is 18.2 Å². The Bertz CT molecular complexity index is 319. The predicted molar refractivity (Wildman–Crippen MR) is 73.8 cm³/mol. The van der Waals surface area contributed by atoms with Gasteiger partial charge in [0.2, 0.25) is 0 Å². The van der Waals surface area contributed by atoms with Gasteiger partial charge in [-0.25, -0.2) is 0 Å². The molecular formula is C15H23NO. The minimum absolute atomic E-state index is 0.248. The average Bonchev–Trinajstić information content (AvgIpc) is 2.34. The van der Waals surface area contributed by atoms with Gasteiger partial charge in [0, 0.05) is 19.2 Å². The van der Waals surface area contributed by atoms with E-state index in [1.54, 1.807) is 0 Å². The largest absolute Gasteiger partial charge is 0.396 e. The summed E-state index contributed by atoms with van der Waals surface area (Å²) in [6.07, 6.45) is 5.06. The van der Waals surface area contributed by atoms with Crippen LogP contribution in [0.4, 0.5) is 0 Å². The second kappa shape index (κ2) is 8.04. The number of rotatable bonds is 7. The standard InChI is InChI=1S/C15H23NO/c1-13(2)15(10-12-17)16-11-6-9-14-7-4-3-5-8-14/h3-9,13,15-17H,10-12H2,1-2H3/b9-6+. The van der Waals surface area contributed by atoms with Crippen molar-refractivity contribution < 1.29 is 5.11 Å². The van der Waals surface area contributed by atoms with Crippen LogP contribution in [0.25, 0.3) is 6.08 Å². The van der Waals surface area contributed by atoms with Crippen molar-refractivity contribution in [3.8, 4) is 0 Å². The van der Waals surface area contributed by atoms with Crippen LogP contribution in [0.1, 0.15) is 25.8 Å². The zero-order valence-electron chi connectivity index (χ0n) is 10.8. The molecule has 0 saturated carbocycles. The molecule has 1 aromatic rings. The van der Waals surface area contributed by atoms with E-state index in [-0.39, 0.29) is 6.61 Å². The van der Waals surface area contributed by atoms with Gasteiger partial charge in [0.05, 0.1) is 0 Å². The maximum absolute atomic E-state index is 8.96. The summed E-state index contributed by atoms with van der Waals surface area (Å²) in [6.45, 7) is 5.44. The summed E-state index contributed by atoms with van der Waals surface area (Å²) in [5.74, 6) is 0.548. The summed E-state index contributed by atoms with van der Waals surface area (Å²) in [6, 6.07) is 10.7. The van der Waals surface area contributed by atoms with Gasteiger partial charge in [-0.1, -0.05) is 56.3 Å². The molecule has 0 amide bonds. The van der Waals surface area contributed by atoms with Gasteiger partial charge in [-0.05, 0) is 17.9 Å². The van der Waals surface area contributed by atoms with E-state index >= 15 is 0 Å². The third-order valence-electron chi connectivity index (χ3n) is 2.85. The fourth-order valence-corrected chi connectivity index (χ4v) is 1.79. The van der Waals surface area contributed by atoms with Crippen molar-refractivity contribution in [1.29, 1.82) is 0 Å². The van der Waals surface area contributed by atoms with Crippen molar-refractivity contribution in [2.45, 2.75) is 26.3 Å². The second-order valence-electron chi connectivity index (χ2n) is 4.58. The molecule has 1 aromatic carbocycles. The molecule has 0 fully saturated rings. The van der Waals surface area contributed by atoms with E-state index in [9.17, 15) is 0 Å². The van der Waals surface area contributed by atoms with E-state index in [2.05, 4.69) is 43.4 Å². The Kier molecular flexibility index (Phi) is 6.60. The van der Waals surface area contributed by atoms with Crippen LogP contribution in [0.5, 0.6) is 0 Å². The summed E-state index contributed by atoms with van der Waals surface area (Å²) in [5, 5.41) is 12.4. The van der Waals surface area contributed by atoms with Crippen molar-refractivity contribution in [2.75, 3.05) is 13.2 Å². The first kappa shape index (κ1) is 13.9. The number of hydrogen-bond donors (Lipinski definition) is 2. The maximum Gasteiger partial charge on any atom is 0.0445 e. The highest BCUT2D eigenvalue weighted by molar-refractivity contribution is 5.48. The highest BCUT2D eigenvalue weighted by atomic mass is 16.3. The van der Waals surface area contributed by atoms with Gasteiger partial charge in [-0.2, -0.15) is 0 Å². The van der Waals surface area contributed by atoms with E-state index in [4.69, 9.17) is 5.11 Å². The van der Waals surface area contributed by atoms with Gasteiger partial charge in [0.15, 0.2) is 0 Å². The first-order chi connectivity index (χ1) is 8.24. The Morgan fingerprint density at radius 2 is 1.94 bits per heavy atom. The lowest BCUT2D eigenvalue weighted by molar-refractivity contribution is 0.247. The molecule has 0 aliphatic rings. The third kappa shape index (κ3) is 5.66. The smallest absolute Gasteiger partial charge is 0.0445 e. The minimum Gasteiger partial charge on any atom is -0.396 e.